The van der Waals surface area contributed by atoms with Gasteiger partial charge in [0.05, 0.1) is 33.3 Å². The summed E-state index contributed by atoms with van der Waals surface area (Å²) in [7, 11) is -0.423. The van der Waals surface area contributed by atoms with Gasteiger partial charge in [-0.2, -0.15) is 0 Å². The van der Waals surface area contributed by atoms with E-state index in [4.69, 9.17) is 9.31 Å². The Bertz CT molecular complexity index is 2470. The maximum Gasteiger partial charge on any atom is 0.494 e. The van der Waals surface area contributed by atoms with Crippen molar-refractivity contribution in [3.8, 4) is 22.5 Å². The maximum atomic E-state index is 6.44. The van der Waals surface area contributed by atoms with Crippen molar-refractivity contribution in [3.05, 3.63) is 140 Å². The Morgan fingerprint density at radius 1 is 0.468 bits per heavy atom. The molecule has 1 aliphatic heterocycles. The topological polar surface area (TPSA) is 28.3 Å². The van der Waals surface area contributed by atoms with Gasteiger partial charge in [0.2, 0.25) is 0 Å². The lowest BCUT2D eigenvalue weighted by molar-refractivity contribution is 0.00578. The van der Waals surface area contributed by atoms with Crippen LogP contribution in [0.2, 0.25) is 0 Å². The summed E-state index contributed by atoms with van der Waals surface area (Å²) in [5, 5.41) is 4.97. The van der Waals surface area contributed by atoms with Gasteiger partial charge in [0.25, 0.3) is 0 Å². The fourth-order valence-corrected chi connectivity index (χ4v) is 7.32. The van der Waals surface area contributed by atoms with Crippen molar-refractivity contribution in [2.75, 3.05) is 0 Å². The molecule has 3 heterocycles. The van der Waals surface area contributed by atoms with Crippen molar-refractivity contribution in [1.82, 2.24) is 9.13 Å². The van der Waals surface area contributed by atoms with Crippen LogP contribution in [0.4, 0.5) is 0 Å². The van der Waals surface area contributed by atoms with Crippen LogP contribution in [0.3, 0.4) is 0 Å². The fourth-order valence-electron chi connectivity index (χ4n) is 7.32. The first-order chi connectivity index (χ1) is 22.8. The van der Waals surface area contributed by atoms with E-state index in [1.165, 1.54) is 60.4 Å². The molecule has 0 N–H and O–H groups in total. The highest BCUT2D eigenvalue weighted by Gasteiger charge is 2.51. The Kier molecular flexibility index (Phi) is 6.11. The molecule has 6 aromatic carbocycles. The second-order valence-electron chi connectivity index (χ2n) is 13.7. The van der Waals surface area contributed by atoms with Crippen LogP contribution in [-0.4, -0.2) is 27.5 Å². The van der Waals surface area contributed by atoms with Gasteiger partial charge in [0.15, 0.2) is 0 Å². The summed E-state index contributed by atoms with van der Waals surface area (Å²) in [5.74, 6) is 0. The summed E-state index contributed by atoms with van der Waals surface area (Å²) in [6.07, 6.45) is 0. The summed E-state index contributed by atoms with van der Waals surface area (Å²) in [6, 6.07) is 50.3. The Balaban J connectivity index is 1.24. The fraction of sp³-hybridized carbons (Fsp3) is 0.143. The summed E-state index contributed by atoms with van der Waals surface area (Å²) in [6.45, 7) is 8.40. The van der Waals surface area contributed by atoms with Gasteiger partial charge < -0.3 is 18.4 Å². The predicted octanol–water partition coefficient (Wildman–Crippen LogP) is 9.85. The standard InChI is InChI=1S/C42H35BN2O2/c1-41(2)42(3,4)47-43(46-41)29-14-12-17-31(27-29)45-37-22-11-9-19-34(37)40-32(20-13-23-39(40)45)28-24-25-38-35(26-28)33-18-8-10-21-36(33)44(38)30-15-6-5-7-16-30/h5-27H,1-4H3. The number of hydrogen-bond donors (Lipinski definition) is 0. The molecular formula is C42H35BN2O2. The number of hydrogen-bond acceptors (Lipinski definition) is 2. The summed E-state index contributed by atoms with van der Waals surface area (Å²) in [5.41, 5.74) is 9.64. The minimum Gasteiger partial charge on any atom is -0.399 e. The number of para-hydroxylation sites is 3. The van der Waals surface area contributed by atoms with E-state index in [0.717, 1.165) is 11.2 Å². The van der Waals surface area contributed by atoms with Gasteiger partial charge >= 0.3 is 7.12 Å². The molecule has 0 radical (unpaired) electrons. The first-order valence-corrected chi connectivity index (χ1v) is 16.4. The van der Waals surface area contributed by atoms with Crippen molar-refractivity contribution >= 4 is 56.2 Å². The first-order valence-electron chi connectivity index (χ1n) is 16.4. The molecule has 1 aliphatic rings. The van der Waals surface area contributed by atoms with E-state index in [0.29, 0.717) is 0 Å². The zero-order valence-corrected chi connectivity index (χ0v) is 27.1. The highest BCUT2D eigenvalue weighted by atomic mass is 16.7. The number of benzene rings is 6. The summed E-state index contributed by atoms with van der Waals surface area (Å²) in [4.78, 5) is 0. The van der Waals surface area contributed by atoms with Crippen molar-refractivity contribution in [3.63, 3.8) is 0 Å². The Hall–Kier alpha value is -5.10. The van der Waals surface area contributed by atoms with Crippen LogP contribution in [-0.2, 0) is 9.31 Å². The third-order valence-corrected chi connectivity index (χ3v) is 10.3. The quantitative estimate of drug-likeness (QED) is 0.186. The van der Waals surface area contributed by atoms with Crippen LogP contribution in [0.25, 0.3) is 66.1 Å². The molecule has 0 bridgehead atoms. The van der Waals surface area contributed by atoms with Gasteiger partial charge in [-0.3, -0.25) is 0 Å². The molecule has 5 heteroatoms. The van der Waals surface area contributed by atoms with Crippen LogP contribution >= 0.6 is 0 Å². The molecule has 9 rings (SSSR count). The molecule has 2 aromatic heterocycles. The molecule has 0 spiro atoms. The van der Waals surface area contributed by atoms with Crippen molar-refractivity contribution in [2.45, 2.75) is 38.9 Å². The van der Waals surface area contributed by atoms with E-state index < -0.39 is 18.3 Å². The van der Waals surface area contributed by atoms with Gasteiger partial charge in [-0.1, -0.05) is 84.9 Å². The van der Waals surface area contributed by atoms with Crippen LogP contribution in [0, 0.1) is 0 Å². The molecule has 0 saturated carbocycles. The van der Waals surface area contributed by atoms with Crippen LogP contribution in [0.5, 0.6) is 0 Å². The molecule has 4 nitrogen and oxygen atoms in total. The highest BCUT2D eigenvalue weighted by Crippen LogP contribution is 2.41. The average molecular weight is 611 g/mol. The molecule has 0 atom stereocenters. The summed E-state index contributed by atoms with van der Waals surface area (Å²) >= 11 is 0. The summed E-state index contributed by atoms with van der Waals surface area (Å²) < 4.78 is 17.6. The molecule has 1 fully saturated rings. The lowest BCUT2D eigenvalue weighted by Crippen LogP contribution is -2.41. The first kappa shape index (κ1) is 28.2. The lowest BCUT2D eigenvalue weighted by Gasteiger charge is -2.32. The van der Waals surface area contributed by atoms with Crippen molar-refractivity contribution < 1.29 is 9.31 Å². The third kappa shape index (κ3) is 4.24. The van der Waals surface area contributed by atoms with E-state index in [9.17, 15) is 0 Å². The van der Waals surface area contributed by atoms with Crippen LogP contribution in [0.15, 0.2) is 140 Å². The van der Waals surface area contributed by atoms with Gasteiger partial charge in [-0.15, -0.1) is 0 Å². The van der Waals surface area contributed by atoms with E-state index in [2.05, 4.69) is 176 Å². The lowest BCUT2D eigenvalue weighted by atomic mass is 9.79. The average Bonchev–Trinajstić information content (AvgIpc) is 3.68. The van der Waals surface area contributed by atoms with Crippen LogP contribution < -0.4 is 5.46 Å². The van der Waals surface area contributed by atoms with Gasteiger partial charge in [-0.05, 0) is 98.9 Å². The number of aromatic nitrogens is 2. The number of nitrogens with zero attached hydrogens (tertiary/aromatic N) is 2. The molecule has 228 valence electrons. The van der Waals surface area contributed by atoms with E-state index >= 15 is 0 Å². The molecular weight excluding hydrogens is 575 g/mol. The Morgan fingerprint density at radius 3 is 1.81 bits per heavy atom. The monoisotopic (exact) mass is 610 g/mol. The van der Waals surface area contributed by atoms with Gasteiger partial charge in [0, 0.05) is 32.9 Å². The van der Waals surface area contributed by atoms with Gasteiger partial charge in [0.1, 0.15) is 0 Å². The van der Waals surface area contributed by atoms with E-state index in [-0.39, 0.29) is 0 Å². The number of fused-ring (bicyclic) bond motifs is 6. The van der Waals surface area contributed by atoms with Crippen molar-refractivity contribution in [1.29, 1.82) is 0 Å². The largest absolute Gasteiger partial charge is 0.494 e. The third-order valence-electron chi connectivity index (χ3n) is 10.3. The molecule has 47 heavy (non-hydrogen) atoms. The van der Waals surface area contributed by atoms with Crippen LogP contribution in [0.1, 0.15) is 27.7 Å². The molecule has 0 aliphatic carbocycles. The highest BCUT2D eigenvalue weighted by molar-refractivity contribution is 6.62. The molecule has 1 saturated heterocycles. The van der Waals surface area contributed by atoms with Crippen molar-refractivity contribution in [2.24, 2.45) is 0 Å². The van der Waals surface area contributed by atoms with E-state index in [1.807, 2.05) is 0 Å². The van der Waals surface area contributed by atoms with E-state index in [1.54, 1.807) is 0 Å². The Morgan fingerprint density at radius 2 is 1.04 bits per heavy atom. The SMILES string of the molecule is CC1(C)OB(c2cccc(-n3c4ccccc4c4c(-c5ccc6c(c5)c5ccccc5n6-c5ccccc5)cccc43)c2)OC1(C)C. The molecule has 0 unspecified atom stereocenters. The minimum absolute atomic E-state index is 0.399. The molecule has 0 amide bonds. The normalized spacial score (nSPS) is 15.8. The minimum atomic E-state index is -0.423. The zero-order valence-electron chi connectivity index (χ0n) is 27.1. The second-order valence-corrected chi connectivity index (χ2v) is 13.7. The predicted molar refractivity (Wildman–Crippen MR) is 196 cm³/mol. The van der Waals surface area contributed by atoms with Gasteiger partial charge in [-0.25, -0.2) is 0 Å². The zero-order chi connectivity index (χ0) is 31.9. The second kappa shape index (κ2) is 10.2. The Labute approximate surface area is 274 Å². The molecule has 8 aromatic rings. The maximum absolute atomic E-state index is 6.44. The number of rotatable bonds is 4. The smallest absolute Gasteiger partial charge is 0.399 e.